The molecule has 27 heavy (non-hydrogen) atoms. The van der Waals surface area contributed by atoms with Gasteiger partial charge in [0.1, 0.15) is 5.03 Å². The molecular formula is C20H17Cl2N3OS. The second kappa shape index (κ2) is 9.74. The highest BCUT2D eigenvalue weighted by molar-refractivity contribution is 7.99. The van der Waals surface area contributed by atoms with E-state index in [0.717, 1.165) is 17.7 Å². The zero-order valence-electron chi connectivity index (χ0n) is 14.4. The number of rotatable bonds is 7. The summed E-state index contributed by atoms with van der Waals surface area (Å²) in [7, 11) is 0. The van der Waals surface area contributed by atoms with Crippen molar-refractivity contribution < 1.29 is 4.79 Å². The number of aryl methyl sites for hydroxylation is 1. The third-order valence-electron chi connectivity index (χ3n) is 3.77. The van der Waals surface area contributed by atoms with Gasteiger partial charge in [0.2, 0.25) is 0 Å². The van der Waals surface area contributed by atoms with E-state index in [1.807, 2.05) is 30.3 Å². The van der Waals surface area contributed by atoms with E-state index in [2.05, 4.69) is 27.6 Å². The van der Waals surface area contributed by atoms with Crippen LogP contribution in [0.25, 0.3) is 0 Å². The SMILES string of the molecule is O=C(NCCCc1ccccc1)c1cc(Cl)nnc1Sc1ccc(Cl)cc1. The quantitative estimate of drug-likeness (QED) is 0.530. The molecule has 4 nitrogen and oxygen atoms in total. The van der Waals surface area contributed by atoms with Crippen molar-refractivity contribution in [1.82, 2.24) is 15.5 Å². The number of nitrogens with one attached hydrogen (secondary N) is 1. The first-order chi connectivity index (χ1) is 13.1. The molecule has 0 saturated carbocycles. The fourth-order valence-corrected chi connectivity index (χ4v) is 3.55. The summed E-state index contributed by atoms with van der Waals surface area (Å²) in [6, 6.07) is 19.0. The molecule has 0 aliphatic heterocycles. The van der Waals surface area contributed by atoms with Crippen LogP contribution >= 0.6 is 35.0 Å². The molecule has 1 amide bonds. The van der Waals surface area contributed by atoms with Crippen LogP contribution in [0.5, 0.6) is 0 Å². The summed E-state index contributed by atoms with van der Waals surface area (Å²) in [4.78, 5) is 13.5. The summed E-state index contributed by atoms with van der Waals surface area (Å²) in [5.74, 6) is -0.212. The van der Waals surface area contributed by atoms with Gasteiger partial charge in [-0.15, -0.1) is 10.2 Å². The molecule has 0 atom stereocenters. The predicted octanol–water partition coefficient (Wildman–Crippen LogP) is 5.30. The third-order valence-corrected chi connectivity index (χ3v) is 5.21. The van der Waals surface area contributed by atoms with Gasteiger partial charge in [0.25, 0.3) is 5.91 Å². The Labute approximate surface area is 172 Å². The molecule has 138 valence electrons. The van der Waals surface area contributed by atoms with Gasteiger partial charge in [-0.3, -0.25) is 4.79 Å². The Bertz CT molecular complexity index is 905. The first-order valence-corrected chi connectivity index (χ1v) is 9.98. The number of benzene rings is 2. The molecule has 1 aromatic heterocycles. The zero-order valence-corrected chi connectivity index (χ0v) is 16.7. The summed E-state index contributed by atoms with van der Waals surface area (Å²) < 4.78 is 0. The van der Waals surface area contributed by atoms with Crippen molar-refractivity contribution in [2.75, 3.05) is 6.54 Å². The number of carbonyl (C=O) groups is 1. The Kier molecular flexibility index (Phi) is 7.10. The van der Waals surface area contributed by atoms with E-state index in [1.54, 1.807) is 18.2 Å². The summed E-state index contributed by atoms with van der Waals surface area (Å²) in [5, 5.41) is 12.2. The van der Waals surface area contributed by atoms with E-state index in [1.165, 1.54) is 17.3 Å². The van der Waals surface area contributed by atoms with Gasteiger partial charge in [0.15, 0.2) is 5.15 Å². The fraction of sp³-hybridized carbons (Fsp3) is 0.150. The molecule has 0 bridgehead atoms. The van der Waals surface area contributed by atoms with Gasteiger partial charge >= 0.3 is 0 Å². The van der Waals surface area contributed by atoms with Crippen LogP contribution in [0.4, 0.5) is 0 Å². The highest BCUT2D eigenvalue weighted by atomic mass is 35.5. The minimum atomic E-state index is -0.212. The first-order valence-electron chi connectivity index (χ1n) is 8.40. The van der Waals surface area contributed by atoms with Crippen molar-refractivity contribution in [3.8, 4) is 0 Å². The molecule has 0 aliphatic rings. The van der Waals surface area contributed by atoms with Crippen molar-refractivity contribution in [2.45, 2.75) is 22.8 Å². The van der Waals surface area contributed by atoms with E-state index in [4.69, 9.17) is 23.2 Å². The molecule has 7 heteroatoms. The van der Waals surface area contributed by atoms with Gasteiger partial charge in [-0.25, -0.2) is 0 Å². The maximum Gasteiger partial charge on any atom is 0.254 e. The number of hydrogen-bond acceptors (Lipinski definition) is 4. The van der Waals surface area contributed by atoms with Crippen LogP contribution in [0.2, 0.25) is 10.2 Å². The minimum Gasteiger partial charge on any atom is -0.352 e. The van der Waals surface area contributed by atoms with Crippen molar-refractivity contribution in [3.63, 3.8) is 0 Å². The number of hydrogen-bond donors (Lipinski definition) is 1. The fourth-order valence-electron chi connectivity index (χ4n) is 2.44. The van der Waals surface area contributed by atoms with Crippen LogP contribution in [0.1, 0.15) is 22.3 Å². The lowest BCUT2D eigenvalue weighted by atomic mass is 10.1. The maximum atomic E-state index is 12.6. The topological polar surface area (TPSA) is 54.9 Å². The smallest absolute Gasteiger partial charge is 0.254 e. The van der Waals surface area contributed by atoms with Gasteiger partial charge in [0.05, 0.1) is 5.56 Å². The molecule has 3 aromatic rings. The average Bonchev–Trinajstić information content (AvgIpc) is 2.69. The van der Waals surface area contributed by atoms with Crippen LogP contribution in [0.15, 0.2) is 70.6 Å². The number of halogens is 2. The predicted molar refractivity (Wildman–Crippen MR) is 110 cm³/mol. The van der Waals surface area contributed by atoms with E-state index in [-0.39, 0.29) is 11.1 Å². The number of aromatic nitrogens is 2. The molecule has 0 unspecified atom stereocenters. The molecule has 3 rings (SSSR count). The Balaban J connectivity index is 1.62. The lowest BCUT2D eigenvalue weighted by molar-refractivity contribution is 0.0949. The van der Waals surface area contributed by atoms with Crippen LogP contribution in [-0.2, 0) is 6.42 Å². The molecule has 0 fully saturated rings. The lowest BCUT2D eigenvalue weighted by Crippen LogP contribution is -2.25. The van der Waals surface area contributed by atoms with E-state index < -0.39 is 0 Å². The number of carbonyl (C=O) groups excluding carboxylic acids is 1. The van der Waals surface area contributed by atoms with Crippen LogP contribution in [-0.4, -0.2) is 22.6 Å². The molecule has 1 N–H and O–H groups in total. The summed E-state index contributed by atoms with van der Waals surface area (Å²) in [5.41, 5.74) is 1.66. The Hall–Kier alpha value is -2.08. The largest absolute Gasteiger partial charge is 0.352 e. The average molecular weight is 418 g/mol. The molecule has 0 spiro atoms. The van der Waals surface area contributed by atoms with Crippen LogP contribution in [0.3, 0.4) is 0 Å². The monoisotopic (exact) mass is 417 g/mol. The van der Waals surface area contributed by atoms with Gasteiger partial charge in [-0.1, -0.05) is 65.3 Å². The molecule has 1 heterocycles. The third kappa shape index (κ3) is 5.96. The highest BCUT2D eigenvalue weighted by Gasteiger charge is 2.15. The van der Waals surface area contributed by atoms with Crippen molar-refractivity contribution in [3.05, 3.63) is 82.0 Å². The van der Waals surface area contributed by atoms with Gasteiger partial charge < -0.3 is 5.32 Å². The Morgan fingerprint density at radius 1 is 1.00 bits per heavy atom. The van der Waals surface area contributed by atoms with Crippen LogP contribution in [0, 0.1) is 0 Å². The van der Waals surface area contributed by atoms with Gasteiger partial charge in [0, 0.05) is 16.5 Å². The van der Waals surface area contributed by atoms with Gasteiger partial charge in [-0.2, -0.15) is 0 Å². The second-order valence-electron chi connectivity index (χ2n) is 5.79. The highest BCUT2D eigenvalue weighted by Crippen LogP contribution is 2.30. The zero-order chi connectivity index (χ0) is 19.1. The molecule has 0 radical (unpaired) electrons. The lowest BCUT2D eigenvalue weighted by Gasteiger charge is -2.09. The van der Waals surface area contributed by atoms with E-state index in [9.17, 15) is 4.79 Å². The summed E-state index contributed by atoms with van der Waals surface area (Å²) in [6.07, 6.45) is 1.75. The van der Waals surface area contributed by atoms with Crippen LogP contribution < -0.4 is 5.32 Å². The standard InChI is InChI=1S/C20H17Cl2N3OS/c21-15-8-10-16(11-9-15)27-20-17(13-18(22)24-25-20)19(26)23-12-4-7-14-5-2-1-3-6-14/h1-3,5-6,8-11,13H,4,7,12H2,(H,23,26). The number of amides is 1. The number of nitrogens with zero attached hydrogens (tertiary/aromatic N) is 2. The van der Waals surface area contributed by atoms with Crippen molar-refractivity contribution in [1.29, 1.82) is 0 Å². The Morgan fingerprint density at radius 3 is 2.48 bits per heavy atom. The first kappa shape index (κ1) is 19.7. The summed E-state index contributed by atoms with van der Waals surface area (Å²) >= 11 is 13.2. The van der Waals surface area contributed by atoms with E-state index >= 15 is 0 Å². The van der Waals surface area contributed by atoms with Crippen molar-refractivity contribution in [2.24, 2.45) is 0 Å². The van der Waals surface area contributed by atoms with Gasteiger partial charge in [-0.05, 0) is 48.7 Å². The second-order valence-corrected chi connectivity index (χ2v) is 7.67. The molecule has 2 aromatic carbocycles. The molecule has 0 aliphatic carbocycles. The molecular weight excluding hydrogens is 401 g/mol. The normalized spacial score (nSPS) is 10.6. The maximum absolute atomic E-state index is 12.6. The molecule has 0 saturated heterocycles. The van der Waals surface area contributed by atoms with E-state index in [0.29, 0.717) is 22.2 Å². The minimum absolute atomic E-state index is 0.185. The Morgan fingerprint density at radius 2 is 1.74 bits per heavy atom. The summed E-state index contributed by atoms with van der Waals surface area (Å²) in [6.45, 7) is 0.568. The van der Waals surface area contributed by atoms with Crippen molar-refractivity contribution >= 4 is 40.9 Å².